The van der Waals surface area contributed by atoms with Crippen molar-refractivity contribution in [2.45, 2.75) is 59.5 Å². The lowest BCUT2D eigenvalue weighted by atomic mass is 10.1. The first-order chi connectivity index (χ1) is 10.2. The van der Waals surface area contributed by atoms with Crippen LogP contribution in [0.5, 0.6) is 0 Å². The van der Waals surface area contributed by atoms with Crippen molar-refractivity contribution in [3.8, 4) is 0 Å². The van der Waals surface area contributed by atoms with Crippen molar-refractivity contribution in [2.75, 3.05) is 6.54 Å². The molecule has 6 heteroatoms. The highest BCUT2D eigenvalue weighted by atomic mass is 15.4. The van der Waals surface area contributed by atoms with Gasteiger partial charge in [0, 0.05) is 12.2 Å². The first-order valence-corrected chi connectivity index (χ1v) is 7.89. The van der Waals surface area contributed by atoms with Crippen LogP contribution in [0.1, 0.15) is 50.0 Å². The van der Waals surface area contributed by atoms with Gasteiger partial charge < -0.3 is 5.73 Å². The van der Waals surface area contributed by atoms with Crippen LogP contribution >= 0.6 is 0 Å². The van der Waals surface area contributed by atoms with Gasteiger partial charge in [-0.05, 0) is 37.8 Å². The van der Waals surface area contributed by atoms with Crippen molar-refractivity contribution in [2.24, 2.45) is 5.73 Å². The van der Waals surface area contributed by atoms with Crippen LogP contribution in [0.4, 0.5) is 0 Å². The van der Waals surface area contributed by atoms with Crippen LogP contribution in [-0.2, 0) is 32.4 Å². The van der Waals surface area contributed by atoms with Gasteiger partial charge in [-0.1, -0.05) is 20.8 Å². The smallest absolute Gasteiger partial charge is 0.148 e. The number of nitrogens with zero attached hydrogens (tertiary/aromatic N) is 5. The van der Waals surface area contributed by atoms with Crippen LogP contribution in [0.2, 0.25) is 0 Å². The van der Waals surface area contributed by atoms with E-state index in [-0.39, 0.29) is 0 Å². The molecule has 0 aromatic carbocycles. The predicted molar refractivity (Wildman–Crippen MR) is 83.2 cm³/mol. The Morgan fingerprint density at radius 2 is 1.95 bits per heavy atom. The third-order valence-electron chi connectivity index (χ3n) is 3.74. The highest BCUT2D eigenvalue weighted by Gasteiger charge is 2.16. The third kappa shape index (κ3) is 3.32. The fourth-order valence-corrected chi connectivity index (χ4v) is 2.78. The Labute approximate surface area is 126 Å². The van der Waals surface area contributed by atoms with Gasteiger partial charge in [-0.3, -0.25) is 4.68 Å². The van der Waals surface area contributed by atoms with E-state index in [1.807, 2.05) is 4.68 Å². The van der Waals surface area contributed by atoms with Gasteiger partial charge in [0.15, 0.2) is 0 Å². The van der Waals surface area contributed by atoms with Gasteiger partial charge in [-0.25, -0.2) is 9.67 Å². The van der Waals surface area contributed by atoms with E-state index in [0.717, 1.165) is 38.1 Å². The number of hydrogen-bond acceptors (Lipinski definition) is 4. The molecule has 0 spiro atoms. The van der Waals surface area contributed by atoms with Crippen LogP contribution < -0.4 is 5.73 Å². The van der Waals surface area contributed by atoms with Crippen LogP contribution in [0.3, 0.4) is 0 Å². The Hall–Kier alpha value is -1.69. The summed E-state index contributed by atoms with van der Waals surface area (Å²) in [6, 6.07) is 0. The molecule has 0 aliphatic carbocycles. The average molecular weight is 290 g/mol. The zero-order valence-electron chi connectivity index (χ0n) is 13.3. The highest BCUT2D eigenvalue weighted by Crippen LogP contribution is 2.17. The van der Waals surface area contributed by atoms with Crippen LogP contribution in [0, 0.1) is 0 Å². The molecule has 0 atom stereocenters. The lowest BCUT2D eigenvalue weighted by Crippen LogP contribution is -2.13. The largest absolute Gasteiger partial charge is 0.330 e. The van der Waals surface area contributed by atoms with E-state index in [4.69, 9.17) is 10.8 Å². The fourth-order valence-electron chi connectivity index (χ4n) is 2.78. The summed E-state index contributed by atoms with van der Waals surface area (Å²) in [5.41, 5.74) is 9.52. The molecule has 0 bridgehead atoms. The fraction of sp³-hybridized carbons (Fsp3) is 0.667. The molecule has 2 aromatic heterocycles. The highest BCUT2D eigenvalue weighted by molar-refractivity contribution is 5.27. The summed E-state index contributed by atoms with van der Waals surface area (Å²) in [7, 11) is 0. The Morgan fingerprint density at radius 1 is 1.14 bits per heavy atom. The maximum absolute atomic E-state index is 5.75. The van der Waals surface area contributed by atoms with Crippen molar-refractivity contribution >= 4 is 0 Å². The molecule has 2 heterocycles. The molecule has 0 aliphatic rings. The Morgan fingerprint density at radius 3 is 2.57 bits per heavy atom. The van der Waals surface area contributed by atoms with Crippen LogP contribution in [0.15, 0.2) is 6.33 Å². The van der Waals surface area contributed by atoms with Gasteiger partial charge in [-0.2, -0.15) is 10.2 Å². The second-order valence-electron chi connectivity index (χ2n) is 5.17. The average Bonchev–Trinajstić information content (AvgIpc) is 3.05. The standard InChI is InChI=1S/C15H26N6/c1-4-9-20-15(17-11-18-20)10-21-14(6-3)12(7-8-16)13(5-2)19-21/h11H,4-10,16H2,1-3H3. The summed E-state index contributed by atoms with van der Waals surface area (Å²) in [5.74, 6) is 0.969. The second kappa shape index (κ2) is 7.36. The number of nitrogens with two attached hydrogens (primary N) is 1. The van der Waals surface area contributed by atoms with Gasteiger partial charge >= 0.3 is 0 Å². The Bertz CT molecular complexity index is 569. The minimum Gasteiger partial charge on any atom is -0.330 e. The molecule has 0 amide bonds. The maximum atomic E-state index is 5.75. The van der Waals surface area contributed by atoms with E-state index >= 15 is 0 Å². The molecular weight excluding hydrogens is 264 g/mol. The maximum Gasteiger partial charge on any atom is 0.148 e. The number of rotatable bonds is 8. The zero-order chi connectivity index (χ0) is 15.2. The minimum absolute atomic E-state index is 0.664. The summed E-state index contributed by atoms with van der Waals surface area (Å²) >= 11 is 0. The van der Waals surface area contributed by atoms with Crippen molar-refractivity contribution in [3.05, 3.63) is 29.1 Å². The van der Waals surface area contributed by atoms with Crippen molar-refractivity contribution < 1.29 is 0 Å². The minimum atomic E-state index is 0.664. The molecule has 2 rings (SSSR count). The molecule has 2 N–H and O–H groups in total. The predicted octanol–water partition coefficient (Wildman–Crippen LogP) is 1.56. The first-order valence-electron chi connectivity index (χ1n) is 7.89. The lowest BCUT2D eigenvalue weighted by Gasteiger charge is -2.08. The summed E-state index contributed by atoms with van der Waals surface area (Å²) in [5, 5.41) is 9.06. The number of hydrogen-bond donors (Lipinski definition) is 1. The second-order valence-corrected chi connectivity index (χ2v) is 5.17. The Balaban J connectivity index is 2.32. The summed E-state index contributed by atoms with van der Waals surface area (Å²) < 4.78 is 4.05. The molecule has 0 aliphatic heterocycles. The van der Waals surface area contributed by atoms with Crippen LogP contribution in [-0.4, -0.2) is 31.1 Å². The molecule has 0 saturated carbocycles. The molecule has 0 fully saturated rings. The summed E-state index contributed by atoms with van der Waals surface area (Å²) in [6.07, 6.45) is 5.48. The lowest BCUT2D eigenvalue weighted by molar-refractivity contribution is 0.529. The quantitative estimate of drug-likeness (QED) is 0.800. The van der Waals surface area contributed by atoms with Gasteiger partial charge in [0.2, 0.25) is 0 Å². The van der Waals surface area contributed by atoms with E-state index in [1.54, 1.807) is 6.33 Å². The van der Waals surface area contributed by atoms with E-state index < -0.39 is 0 Å². The SMILES string of the molecule is CCCn1ncnc1Cn1nc(CC)c(CCN)c1CC. The topological polar surface area (TPSA) is 74.5 Å². The molecule has 6 nitrogen and oxygen atoms in total. The van der Waals surface area contributed by atoms with E-state index in [0.29, 0.717) is 13.1 Å². The van der Waals surface area contributed by atoms with Crippen LogP contribution in [0.25, 0.3) is 0 Å². The molecule has 2 aromatic rings. The van der Waals surface area contributed by atoms with E-state index in [2.05, 4.69) is 35.5 Å². The molecule has 0 radical (unpaired) electrons. The van der Waals surface area contributed by atoms with Crippen molar-refractivity contribution in [3.63, 3.8) is 0 Å². The van der Waals surface area contributed by atoms with Gasteiger partial charge in [0.05, 0.1) is 5.69 Å². The van der Waals surface area contributed by atoms with Gasteiger partial charge in [0.25, 0.3) is 0 Å². The number of aryl methyl sites for hydroxylation is 2. The Kier molecular flexibility index (Phi) is 5.50. The zero-order valence-corrected chi connectivity index (χ0v) is 13.3. The number of aromatic nitrogens is 5. The summed E-state index contributed by atoms with van der Waals surface area (Å²) in [6.45, 7) is 8.70. The van der Waals surface area contributed by atoms with Gasteiger partial charge in [0.1, 0.15) is 18.7 Å². The molecular formula is C15H26N6. The van der Waals surface area contributed by atoms with E-state index in [1.165, 1.54) is 17.0 Å². The molecule has 116 valence electrons. The normalized spacial score (nSPS) is 11.2. The molecule has 21 heavy (non-hydrogen) atoms. The monoisotopic (exact) mass is 290 g/mol. The van der Waals surface area contributed by atoms with Crippen molar-refractivity contribution in [1.82, 2.24) is 24.5 Å². The van der Waals surface area contributed by atoms with E-state index in [9.17, 15) is 0 Å². The molecule has 0 saturated heterocycles. The third-order valence-corrected chi connectivity index (χ3v) is 3.74. The molecule has 0 unspecified atom stereocenters. The van der Waals surface area contributed by atoms with Crippen molar-refractivity contribution in [1.29, 1.82) is 0 Å². The first kappa shape index (κ1) is 15.7. The van der Waals surface area contributed by atoms with Gasteiger partial charge in [-0.15, -0.1) is 0 Å². The summed E-state index contributed by atoms with van der Waals surface area (Å²) in [4.78, 5) is 4.38.